The molecular formula is Bi3SSe. The van der Waals surface area contributed by atoms with Gasteiger partial charge in [-0.1, -0.05) is 0 Å². The van der Waals surface area contributed by atoms with Crippen molar-refractivity contribution >= 4 is 91.2 Å². The molecule has 0 N–H and O–H groups in total. The van der Waals surface area contributed by atoms with Crippen LogP contribution in [0.1, 0.15) is 0 Å². The normalized spacial score (nSPS) is 1.60. The van der Waals surface area contributed by atoms with Gasteiger partial charge in [-0.3, -0.25) is 0 Å². The number of hydrogen-bond donors (Lipinski definition) is 0. The van der Waals surface area contributed by atoms with Gasteiger partial charge in [0.15, 0.2) is 0 Å². The van der Waals surface area contributed by atoms with Gasteiger partial charge in [-0.15, -0.1) is 0 Å². The number of rotatable bonds is 0. The molecule has 0 nitrogen and oxygen atoms in total. The van der Waals surface area contributed by atoms with E-state index in [1.807, 2.05) is 0 Å². The maximum absolute atomic E-state index is 4.19. The van der Waals surface area contributed by atoms with Gasteiger partial charge in [-0.05, 0) is 0 Å². The van der Waals surface area contributed by atoms with E-state index < -0.39 is 0 Å². The van der Waals surface area contributed by atoms with E-state index in [0.29, 0.717) is 0 Å². The first-order valence-electron chi connectivity index (χ1n) is 0.365. The van der Waals surface area contributed by atoms with E-state index in [1.54, 1.807) is 0 Å². The molecule has 0 rings (SSSR count). The van der Waals surface area contributed by atoms with Crippen molar-refractivity contribution in [2.75, 3.05) is 0 Å². The third-order valence-electron chi connectivity index (χ3n) is 0. The van der Waals surface area contributed by atoms with E-state index in [0.717, 1.165) is 22.7 Å². The van der Waals surface area contributed by atoms with E-state index in [4.69, 9.17) is 0 Å². The first-order chi connectivity index (χ1) is 2.00. The molecule has 0 bridgehead atoms. The third-order valence-corrected chi connectivity index (χ3v) is 0. The second-order valence-electron chi connectivity index (χ2n) is 0. The molecule has 0 fully saturated rings. The molecule has 0 aliphatic heterocycles. The van der Waals surface area contributed by atoms with Crippen molar-refractivity contribution in [2.24, 2.45) is 0 Å². The van der Waals surface area contributed by atoms with Crippen LogP contribution in [0.15, 0.2) is 0 Å². The van der Waals surface area contributed by atoms with Crippen LogP contribution in [-0.2, 0) is 0 Å². The molecule has 0 atom stereocenters. The van der Waals surface area contributed by atoms with Crippen LogP contribution in [0, 0.1) is 0 Å². The van der Waals surface area contributed by atoms with Crippen LogP contribution in [-0.4, -0.2) is 82.3 Å². The second kappa shape index (κ2) is 26.3. The predicted molar refractivity (Wildman–Crippen MR) is 30.6 cm³/mol. The van der Waals surface area contributed by atoms with Crippen LogP contribution in [0.2, 0.25) is 0 Å². The predicted octanol–water partition coefficient (Wildman–Crippen LogP) is -0.875. The van der Waals surface area contributed by atoms with E-state index in [2.05, 4.69) is 20.6 Å². The Kier molecular flexibility index (Phi) is 82.8. The molecule has 0 amide bonds. The van der Waals surface area contributed by atoms with Gasteiger partial charge in [0.1, 0.15) is 0 Å². The molecule has 0 heterocycles. The third kappa shape index (κ3) is 18.7. The summed E-state index contributed by atoms with van der Waals surface area (Å²) in [5.41, 5.74) is 0. The van der Waals surface area contributed by atoms with Crippen LogP contribution in [0.4, 0.5) is 0 Å². The summed E-state index contributed by atoms with van der Waals surface area (Å²) in [6.07, 6.45) is 0. The molecule has 0 aromatic rings. The Morgan fingerprint density at radius 1 is 1.20 bits per heavy atom. The van der Waals surface area contributed by atoms with Crippen molar-refractivity contribution in [3.63, 3.8) is 0 Å². The van der Waals surface area contributed by atoms with E-state index in [9.17, 15) is 0 Å². The molecule has 27 valence electrons. The Bertz CT molecular complexity index is 8.85. The Balaban J connectivity index is -0.0000000133. The van der Waals surface area contributed by atoms with Crippen molar-refractivity contribution in [2.45, 2.75) is 0 Å². The maximum atomic E-state index is 4.19. The summed E-state index contributed by atoms with van der Waals surface area (Å²) in [4.78, 5) is 0. The van der Waals surface area contributed by atoms with Crippen molar-refractivity contribution in [1.29, 1.82) is 0 Å². The molecule has 5 heteroatoms. The topological polar surface area (TPSA) is 0 Å². The fraction of sp³-hybridized carbons (Fsp3) is 0. The van der Waals surface area contributed by atoms with Crippen molar-refractivity contribution < 1.29 is 0 Å². The molecule has 0 saturated heterocycles. The average molecular weight is 738 g/mol. The van der Waals surface area contributed by atoms with E-state index in [-0.39, 0.29) is 26.2 Å². The number of hydrogen-bond acceptors (Lipinski definition) is 1. The summed E-state index contributed by atoms with van der Waals surface area (Å²) < 4.78 is 0. The summed E-state index contributed by atoms with van der Waals surface area (Å²) in [5.74, 6) is 0. The molecule has 0 saturated carbocycles. The Morgan fingerprint density at radius 2 is 1.20 bits per heavy atom. The molecule has 5 heavy (non-hydrogen) atoms. The van der Waals surface area contributed by atoms with Gasteiger partial charge >= 0.3 is 65.0 Å². The van der Waals surface area contributed by atoms with Crippen LogP contribution in [0.3, 0.4) is 0 Å². The van der Waals surface area contributed by atoms with Gasteiger partial charge in [0.05, 0.1) is 0 Å². The Hall–Kier alpha value is 3.39. The zero-order chi connectivity index (χ0) is 4.00. The van der Waals surface area contributed by atoms with Gasteiger partial charge in [0, 0.05) is 26.2 Å². The minimum absolute atomic E-state index is 0. The molecule has 5 radical (unpaired) electrons. The summed E-state index contributed by atoms with van der Waals surface area (Å²) in [7, 11) is 4.19. The van der Waals surface area contributed by atoms with Crippen LogP contribution in [0.25, 0.3) is 0 Å². The molecule has 0 unspecified atom stereocenters. The quantitative estimate of drug-likeness (QED) is 0.292. The molecule has 0 aliphatic carbocycles. The summed E-state index contributed by atoms with van der Waals surface area (Å²) >= 11 is 5.08. The zero-order valence-electron chi connectivity index (χ0n) is 2.16. The summed E-state index contributed by atoms with van der Waals surface area (Å²) in [6.45, 7) is 0. The molecular weight excluding hydrogens is 738 g/mol. The standard InChI is InChI=1S/3Bi.S.Se. The van der Waals surface area contributed by atoms with Crippen LogP contribution < -0.4 is 0 Å². The second-order valence-corrected chi connectivity index (χ2v) is 0. The Morgan fingerprint density at radius 3 is 1.20 bits per heavy atom. The average Bonchev–Trinajstić information content (AvgIpc) is 1.50. The monoisotopic (exact) mass is 739 g/mol. The Labute approximate surface area is 88.9 Å². The van der Waals surface area contributed by atoms with Gasteiger partial charge in [0.25, 0.3) is 0 Å². The SMILES string of the molecule is [Bi].[S]=[Bi].[Se]=[Bi]. The van der Waals surface area contributed by atoms with Crippen LogP contribution >= 0.6 is 8.86 Å². The fourth-order valence-electron chi connectivity index (χ4n) is 0. The summed E-state index contributed by atoms with van der Waals surface area (Å²) in [6, 6.07) is 0. The first-order valence-corrected chi connectivity index (χ1v) is 13.1. The van der Waals surface area contributed by atoms with E-state index in [1.165, 1.54) is 21.7 Å². The van der Waals surface area contributed by atoms with Gasteiger partial charge < -0.3 is 0 Å². The zero-order valence-corrected chi connectivity index (χ0v) is 15.1. The van der Waals surface area contributed by atoms with Gasteiger partial charge in [-0.2, -0.15) is 0 Å². The molecule has 0 aromatic heterocycles. The van der Waals surface area contributed by atoms with Crippen molar-refractivity contribution in [1.82, 2.24) is 0 Å². The van der Waals surface area contributed by atoms with Crippen LogP contribution in [0.5, 0.6) is 0 Å². The van der Waals surface area contributed by atoms with Crippen molar-refractivity contribution in [3.8, 4) is 0 Å². The van der Waals surface area contributed by atoms with Crippen molar-refractivity contribution in [3.05, 3.63) is 0 Å². The van der Waals surface area contributed by atoms with Gasteiger partial charge in [-0.25, -0.2) is 0 Å². The fourth-order valence-corrected chi connectivity index (χ4v) is 0. The van der Waals surface area contributed by atoms with Gasteiger partial charge in [0.2, 0.25) is 0 Å². The minimum atomic E-state index is 0. The molecule has 0 aromatic carbocycles. The molecule has 0 spiro atoms. The molecule has 0 aliphatic rings. The summed E-state index contributed by atoms with van der Waals surface area (Å²) in [5, 5.41) is 0. The van der Waals surface area contributed by atoms with E-state index >= 15 is 0 Å². The first kappa shape index (κ1) is 15.8.